The molecule has 4 nitrogen and oxygen atoms in total. The molecule has 1 aliphatic rings. The van der Waals surface area contributed by atoms with E-state index in [2.05, 4.69) is 53.1 Å². The second kappa shape index (κ2) is 8.14. The van der Waals surface area contributed by atoms with Crippen molar-refractivity contribution in [1.82, 2.24) is 14.1 Å². The van der Waals surface area contributed by atoms with Crippen LogP contribution in [0.4, 0.5) is 0 Å². The van der Waals surface area contributed by atoms with Crippen molar-refractivity contribution in [2.24, 2.45) is 0 Å². The number of carbonyl (C=O) groups is 1. The van der Waals surface area contributed by atoms with Gasteiger partial charge in [-0.15, -0.1) is 0 Å². The van der Waals surface area contributed by atoms with E-state index in [9.17, 15) is 4.79 Å². The van der Waals surface area contributed by atoms with E-state index in [1.54, 1.807) is 4.57 Å². The molecule has 0 N–H and O–H groups in total. The van der Waals surface area contributed by atoms with Crippen LogP contribution in [0.3, 0.4) is 0 Å². The first-order chi connectivity index (χ1) is 16.2. The van der Waals surface area contributed by atoms with Gasteiger partial charge < -0.3 is 4.57 Å². The van der Waals surface area contributed by atoms with E-state index < -0.39 is 0 Å². The van der Waals surface area contributed by atoms with E-state index in [-0.39, 0.29) is 5.91 Å². The normalized spacial score (nSPS) is 12.9. The molecule has 6 rings (SSSR count). The molecule has 0 saturated heterocycles. The molecule has 3 aromatic carbocycles. The van der Waals surface area contributed by atoms with E-state index in [1.165, 1.54) is 17.3 Å². The van der Waals surface area contributed by atoms with Crippen LogP contribution in [0.1, 0.15) is 10.4 Å². The first-order valence-corrected chi connectivity index (χ1v) is 12.1. The van der Waals surface area contributed by atoms with Gasteiger partial charge in [0, 0.05) is 12.1 Å². The van der Waals surface area contributed by atoms with Crippen molar-refractivity contribution < 1.29 is 4.79 Å². The molecule has 0 amide bonds. The van der Waals surface area contributed by atoms with Crippen molar-refractivity contribution >= 4 is 40.9 Å². The minimum atomic E-state index is -0.00881. The molecule has 2 aromatic heterocycles. The SMILES string of the molecule is O=C1CSc2nc3c(c(-c4ccccc4)c(-c4ccccc4)n3Cc3ccccc3)c(=S)n21. The maximum Gasteiger partial charge on any atom is 0.244 e. The van der Waals surface area contributed by atoms with Crippen LogP contribution in [0.2, 0.25) is 0 Å². The van der Waals surface area contributed by atoms with E-state index >= 15 is 0 Å². The van der Waals surface area contributed by atoms with Crippen LogP contribution in [-0.4, -0.2) is 25.8 Å². The van der Waals surface area contributed by atoms with Gasteiger partial charge in [-0.3, -0.25) is 4.79 Å². The Morgan fingerprint density at radius 3 is 2.12 bits per heavy atom. The number of nitrogens with zero attached hydrogens (tertiary/aromatic N) is 3. The Labute approximate surface area is 200 Å². The van der Waals surface area contributed by atoms with Crippen molar-refractivity contribution in [2.45, 2.75) is 11.7 Å². The van der Waals surface area contributed by atoms with Gasteiger partial charge in [0.2, 0.25) is 5.91 Å². The molecule has 0 bridgehead atoms. The van der Waals surface area contributed by atoms with Crippen molar-refractivity contribution in [3.05, 3.63) is 101 Å². The highest BCUT2D eigenvalue weighted by Crippen LogP contribution is 2.42. The molecule has 0 fully saturated rings. The highest BCUT2D eigenvalue weighted by Gasteiger charge is 2.28. The quantitative estimate of drug-likeness (QED) is 0.219. The Morgan fingerprint density at radius 1 is 0.848 bits per heavy atom. The minimum Gasteiger partial charge on any atom is -0.320 e. The summed E-state index contributed by atoms with van der Waals surface area (Å²) in [6.45, 7) is 0.651. The third-order valence-corrected chi connectivity index (χ3v) is 7.22. The lowest BCUT2D eigenvalue weighted by Crippen LogP contribution is -2.11. The van der Waals surface area contributed by atoms with Crippen molar-refractivity contribution in [3.63, 3.8) is 0 Å². The molecule has 1 aliphatic heterocycles. The Balaban J connectivity index is 1.78. The first-order valence-electron chi connectivity index (χ1n) is 10.7. The van der Waals surface area contributed by atoms with Crippen LogP contribution in [0, 0.1) is 4.64 Å². The molecule has 5 aromatic rings. The molecule has 0 spiro atoms. The highest BCUT2D eigenvalue weighted by molar-refractivity contribution is 8.00. The second-order valence-electron chi connectivity index (χ2n) is 7.94. The molecule has 6 heteroatoms. The predicted molar refractivity (Wildman–Crippen MR) is 136 cm³/mol. The van der Waals surface area contributed by atoms with E-state index in [1.807, 2.05) is 42.5 Å². The number of thioether (sulfide) groups is 1. The Hall–Kier alpha value is -3.48. The van der Waals surface area contributed by atoms with Gasteiger partial charge in [0.25, 0.3) is 0 Å². The van der Waals surface area contributed by atoms with Gasteiger partial charge >= 0.3 is 0 Å². The fourth-order valence-corrected chi connectivity index (χ4v) is 5.77. The fraction of sp³-hybridized carbons (Fsp3) is 0.0741. The minimum absolute atomic E-state index is 0.00881. The summed E-state index contributed by atoms with van der Waals surface area (Å²) in [6.07, 6.45) is 0. The van der Waals surface area contributed by atoms with Gasteiger partial charge in [-0.25, -0.2) is 9.55 Å². The van der Waals surface area contributed by atoms with Gasteiger partial charge in [0.1, 0.15) is 10.3 Å². The van der Waals surface area contributed by atoms with Crippen LogP contribution >= 0.6 is 24.0 Å². The largest absolute Gasteiger partial charge is 0.320 e. The monoisotopic (exact) mass is 465 g/mol. The van der Waals surface area contributed by atoms with Crippen LogP contribution in [0.15, 0.2) is 96.2 Å². The summed E-state index contributed by atoms with van der Waals surface area (Å²) in [4.78, 5) is 17.7. The number of aromatic nitrogens is 3. The van der Waals surface area contributed by atoms with Crippen molar-refractivity contribution in [2.75, 3.05) is 5.75 Å². The molecule has 160 valence electrons. The van der Waals surface area contributed by atoms with Gasteiger partial charge in [0.15, 0.2) is 5.16 Å². The predicted octanol–water partition coefficient (Wildman–Crippen LogP) is 6.70. The standard InChI is InChI=1S/C27H19N3OS2/c31-21-17-33-27-28-25-23(26(32)30(21)27)22(19-12-6-2-7-13-19)24(20-14-8-3-9-15-20)29(25)16-18-10-4-1-5-11-18/h1-15H,16-17H2. The number of hydrogen-bond acceptors (Lipinski definition) is 4. The molecular weight excluding hydrogens is 446 g/mol. The number of hydrogen-bond donors (Lipinski definition) is 0. The zero-order chi connectivity index (χ0) is 22.4. The average Bonchev–Trinajstić information content (AvgIpc) is 3.39. The lowest BCUT2D eigenvalue weighted by Gasteiger charge is -2.13. The fourth-order valence-electron chi connectivity index (χ4n) is 4.47. The van der Waals surface area contributed by atoms with Crippen LogP contribution in [0.5, 0.6) is 0 Å². The van der Waals surface area contributed by atoms with Crippen molar-refractivity contribution in [1.29, 1.82) is 0 Å². The number of fused-ring (bicyclic) bond motifs is 2. The average molecular weight is 466 g/mol. The molecular formula is C27H19N3OS2. The zero-order valence-corrected chi connectivity index (χ0v) is 19.3. The molecule has 0 unspecified atom stereocenters. The molecule has 0 aliphatic carbocycles. The summed E-state index contributed by atoms with van der Waals surface area (Å²) in [5.41, 5.74) is 6.21. The molecule has 3 heterocycles. The summed E-state index contributed by atoms with van der Waals surface area (Å²) in [5, 5.41) is 1.52. The molecule has 0 radical (unpaired) electrons. The van der Waals surface area contributed by atoms with Crippen LogP contribution < -0.4 is 0 Å². The maximum absolute atomic E-state index is 12.7. The Bertz CT molecular complexity index is 1560. The van der Waals surface area contributed by atoms with E-state index in [4.69, 9.17) is 17.2 Å². The molecule has 0 saturated carbocycles. The summed E-state index contributed by atoms with van der Waals surface area (Å²) in [7, 11) is 0. The first kappa shape index (κ1) is 20.1. The van der Waals surface area contributed by atoms with E-state index in [0.717, 1.165) is 33.4 Å². The number of benzene rings is 3. The summed E-state index contributed by atoms with van der Waals surface area (Å²) < 4.78 is 4.39. The van der Waals surface area contributed by atoms with Gasteiger partial charge in [-0.1, -0.05) is 115 Å². The Kier molecular flexibility index (Phi) is 4.97. The van der Waals surface area contributed by atoms with E-state index in [0.29, 0.717) is 22.1 Å². The van der Waals surface area contributed by atoms with Gasteiger partial charge in [-0.05, 0) is 16.7 Å². The highest BCUT2D eigenvalue weighted by atomic mass is 32.2. The van der Waals surface area contributed by atoms with Crippen LogP contribution in [0.25, 0.3) is 33.4 Å². The number of rotatable bonds is 4. The molecule has 0 atom stereocenters. The number of carbonyl (C=O) groups excluding carboxylic acids is 1. The Morgan fingerprint density at radius 2 is 1.45 bits per heavy atom. The van der Waals surface area contributed by atoms with Crippen molar-refractivity contribution in [3.8, 4) is 22.4 Å². The maximum atomic E-state index is 12.7. The lowest BCUT2D eigenvalue weighted by molar-refractivity contribution is 0.0936. The summed E-state index contributed by atoms with van der Waals surface area (Å²) in [6, 6.07) is 31.0. The zero-order valence-electron chi connectivity index (χ0n) is 17.6. The molecule has 33 heavy (non-hydrogen) atoms. The smallest absolute Gasteiger partial charge is 0.244 e. The third kappa shape index (κ3) is 3.34. The second-order valence-corrected chi connectivity index (χ2v) is 9.27. The summed E-state index contributed by atoms with van der Waals surface area (Å²) >= 11 is 7.40. The lowest BCUT2D eigenvalue weighted by atomic mass is 9.99. The summed E-state index contributed by atoms with van der Waals surface area (Å²) in [5.74, 6) is 0.360. The van der Waals surface area contributed by atoms with Gasteiger partial charge in [0.05, 0.1) is 16.8 Å². The van der Waals surface area contributed by atoms with Gasteiger partial charge in [-0.2, -0.15) is 0 Å². The third-order valence-electron chi connectivity index (χ3n) is 5.91. The van der Waals surface area contributed by atoms with Crippen LogP contribution in [-0.2, 0) is 6.54 Å². The topological polar surface area (TPSA) is 39.8 Å².